The molecule has 4 heteroatoms. The van der Waals surface area contributed by atoms with Gasteiger partial charge in [0.05, 0.1) is 29.6 Å². The molecule has 0 saturated carbocycles. The molecule has 3 nitrogen and oxygen atoms in total. The van der Waals surface area contributed by atoms with Crippen molar-refractivity contribution in [3.63, 3.8) is 0 Å². The zero-order valence-electron chi connectivity index (χ0n) is 11.7. The van der Waals surface area contributed by atoms with Crippen molar-refractivity contribution in [1.29, 1.82) is 0 Å². The molecule has 0 amide bonds. The average Bonchev–Trinajstić information content (AvgIpc) is 2.44. The van der Waals surface area contributed by atoms with Gasteiger partial charge in [0.1, 0.15) is 11.5 Å². The summed E-state index contributed by atoms with van der Waals surface area (Å²) < 4.78 is 11.1. The molecule has 0 spiro atoms. The SMILES string of the molecule is CCOc1ccc(Nc2ccccc2Cl)c(OCC)c1. The number of anilines is 2. The summed E-state index contributed by atoms with van der Waals surface area (Å²) in [6, 6.07) is 13.3. The van der Waals surface area contributed by atoms with E-state index in [2.05, 4.69) is 5.32 Å². The number of ether oxygens (including phenoxy) is 2. The lowest BCUT2D eigenvalue weighted by atomic mass is 10.2. The molecule has 20 heavy (non-hydrogen) atoms. The summed E-state index contributed by atoms with van der Waals surface area (Å²) in [4.78, 5) is 0. The van der Waals surface area contributed by atoms with E-state index in [9.17, 15) is 0 Å². The summed E-state index contributed by atoms with van der Waals surface area (Å²) in [5.74, 6) is 1.54. The number of halogens is 1. The first-order chi connectivity index (χ1) is 9.74. The second-order valence-corrected chi connectivity index (χ2v) is 4.54. The lowest BCUT2D eigenvalue weighted by Crippen LogP contribution is -1.99. The van der Waals surface area contributed by atoms with Crippen LogP contribution in [-0.2, 0) is 0 Å². The van der Waals surface area contributed by atoms with Crippen LogP contribution < -0.4 is 14.8 Å². The van der Waals surface area contributed by atoms with E-state index in [0.717, 1.165) is 22.9 Å². The first-order valence-corrected chi connectivity index (χ1v) is 7.03. The Bertz CT molecular complexity index is 572. The fourth-order valence-corrected chi connectivity index (χ4v) is 2.03. The summed E-state index contributed by atoms with van der Waals surface area (Å²) in [5, 5.41) is 3.95. The van der Waals surface area contributed by atoms with E-state index in [1.165, 1.54) is 0 Å². The summed E-state index contributed by atoms with van der Waals surface area (Å²) in [6.07, 6.45) is 0. The van der Waals surface area contributed by atoms with Crippen LogP contribution in [0.4, 0.5) is 11.4 Å². The van der Waals surface area contributed by atoms with Gasteiger partial charge in [-0.2, -0.15) is 0 Å². The number of rotatable bonds is 6. The van der Waals surface area contributed by atoms with Crippen molar-refractivity contribution < 1.29 is 9.47 Å². The Balaban J connectivity index is 2.28. The van der Waals surface area contributed by atoms with Gasteiger partial charge in [0.2, 0.25) is 0 Å². The van der Waals surface area contributed by atoms with E-state index in [1.54, 1.807) is 0 Å². The van der Waals surface area contributed by atoms with Gasteiger partial charge in [-0.3, -0.25) is 0 Å². The zero-order valence-corrected chi connectivity index (χ0v) is 12.4. The van der Waals surface area contributed by atoms with Crippen molar-refractivity contribution in [1.82, 2.24) is 0 Å². The maximum Gasteiger partial charge on any atom is 0.146 e. The van der Waals surface area contributed by atoms with Crippen molar-refractivity contribution in [3.8, 4) is 11.5 Å². The monoisotopic (exact) mass is 291 g/mol. The topological polar surface area (TPSA) is 30.5 Å². The van der Waals surface area contributed by atoms with Gasteiger partial charge in [-0.15, -0.1) is 0 Å². The predicted molar refractivity (Wildman–Crippen MR) is 83.5 cm³/mol. The Kier molecular flexibility index (Phi) is 5.13. The highest BCUT2D eigenvalue weighted by molar-refractivity contribution is 6.33. The molecule has 2 rings (SSSR count). The molecular weight excluding hydrogens is 274 g/mol. The molecule has 0 atom stereocenters. The van der Waals surface area contributed by atoms with E-state index in [0.29, 0.717) is 18.2 Å². The number of nitrogens with one attached hydrogen (secondary N) is 1. The Hall–Kier alpha value is -1.87. The number of para-hydroxylation sites is 1. The third kappa shape index (κ3) is 3.58. The molecule has 0 aromatic heterocycles. The highest BCUT2D eigenvalue weighted by Crippen LogP contribution is 2.33. The summed E-state index contributed by atoms with van der Waals surface area (Å²) in [7, 11) is 0. The van der Waals surface area contributed by atoms with Gasteiger partial charge in [0.15, 0.2) is 0 Å². The Morgan fingerprint density at radius 1 is 0.950 bits per heavy atom. The van der Waals surface area contributed by atoms with Gasteiger partial charge in [-0.1, -0.05) is 23.7 Å². The minimum atomic E-state index is 0.590. The smallest absolute Gasteiger partial charge is 0.146 e. The van der Waals surface area contributed by atoms with Crippen LogP contribution in [-0.4, -0.2) is 13.2 Å². The van der Waals surface area contributed by atoms with Crippen molar-refractivity contribution in [2.45, 2.75) is 13.8 Å². The van der Waals surface area contributed by atoms with Crippen LogP contribution in [0, 0.1) is 0 Å². The second-order valence-electron chi connectivity index (χ2n) is 4.13. The second kappa shape index (κ2) is 7.06. The van der Waals surface area contributed by atoms with Gasteiger partial charge in [-0.25, -0.2) is 0 Å². The normalized spacial score (nSPS) is 10.2. The molecule has 1 N–H and O–H groups in total. The van der Waals surface area contributed by atoms with Crippen LogP contribution in [0.2, 0.25) is 5.02 Å². The Labute approximate surface area is 124 Å². The molecule has 2 aromatic rings. The molecule has 0 bridgehead atoms. The van der Waals surface area contributed by atoms with Gasteiger partial charge in [0.25, 0.3) is 0 Å². The summed E-state index contributed by atoms with van der Waals surface area (Å²) in [6.45, 7) is 5.12. The first kappa shape index (κ1) is 14.5. The third-order valence-corrected chi connectivity index (χ3v) is 3.04. The highest BCUT2D eigenvalue weighted by atomic mass is 35.5. The van der Waals surface area contributed by atoms with E-state index >= 15 is 0 Å². The van der Waals surface area contributed by atoms with Crippen LogP contribution >= 0.6 is 11.6 Å². The van der Waals surface area contributed by atoms with Gasteiger partial charge in [-0.05, 0) is 38.1 Å². The van der Waals surface area contributed by atoms with Crippen molar-refractivity contribution in [2.75, 3.05) is 18.5 Å². The Morgan fingerprint density at radius 3 is 2.40 bits per heavy atom. The summed E-state index contributed by atoms with van der Waals surface area (Å²) in [5.41, 5.74) is 1.71. The van der Waals surface area contributed by atoms with Crippen LogP contribution in [0.3, 0.4) is 0 Å². The van der Waals surface area contributed by atoms with Crippen molar-refractivity contribution >= 4 is 23.0 Å². The van der Waals surface area contributed by atoms with E-state index in [1.807, 2.05) is 56.3 Å². The fourth-order valence-electron chi connectivity index (χ4n) is 1.84. The first-order valence-electron chi connectivity index (χ1n) is 6.65. The maximum absolute atomic E-state index is 6.16. The van der Waals surface area contributed by atoms with Crippen molar-refractivity contribution in [3.05, 3.63) is 47.5 Å². The van der Waals surface area contributed by atoms with E-state index in [-0.39, 0.29) is 0 Å². The minimum Gasteiger partial charge on any atom is -0.494 e. The third-order valence-electron chi connectivity index (χ3n) is 2.71. The quantitative estimate of drug-likeness (QED) is 0.822. The van der Waals surface area contributed by atoms with Gasteiger partial charge < -0.3 is 14.8 Å². The maximum atomic E-state index is 6.16. The molecule has 0 saturated heterocycles. The fraction of sp³-hybridized carbons (Fsp3) is 0.250. The van der Waals surface area contributed by atoms with Crippen LogP contribution in [0.1, 0.15) is 13.8 Å². The molecule has 0 unspecified atom stereocenters. The van der Waals surface area contributed by atoms with Gasteiger partial charge in [0, 0.05) is 6.07 Å². The van der Waals surface area contributed by atoms with E-state index in [4.69, 9.17) is 21.1 Å². The summed E-state index contributed by atoms with van der Waals surface area (Å²) >= 11 is 6.16. The molecule has 0 heterocycles. The lowest BCUT2D eigenvalue weighted by Gasteiger charge is -2.15. The molecular formula is C16H18ClNO2. The zero-order chi connectivity index (χ0) is 14.4. The standard InChI is InChI=1S/C16H18ClNO2/c1-3-19-12-9-10-15(16(11-12)20-4-2)18-14-8-6-5-7-13(14)17/h5-11,18H,3-4H2,1-2H3. The molecule has 0 aliphatic heterocycles. The van der Waals surface area contributed by atoms with E-state index < -0.39 is 0 Å². The molecule has 0 fully saturated rings. The molecule has 106 valence electrons. The van der Waals surface area contributed by atoms with Gasteiger partial charge >= 0.3 is 0 Å². The molecule has 0 aliphatic carbocycles. The largest absolute Gasteiger partial charge is 0.494 e. The molecule has 2 aromatic carbocycles. The van der Waals surface area contributed by atoms with Crippen molar-refractivity contribution in [2.24, 2.45) is 0 Å². The van der Waals surface area contributed by atoms with Crippen LogP contribution in [0.5, 0.6) is 11.5 Å². The predicted octanol–water partition coefficient (Wildman–Crippen LogP) is 4.88. The lowest BCUT2D eigenvalue weighted by molar-refractivity contribution is 0.324. The number of hydrogen-bond acceptors (Lipinski definition) is 3. The minimum absolute atomic E-state index is 0.590. The number of hydrogen-bond donors (Lipinski definition) is 1. The van der Waals surface area contributed by atoms with Crippen LogP contribution in [0.25, 0.3) is 0 Å². The van der Waals surface area contributed by atoms with Crippen LogP contribution in [0.15, 0.2) is 42.5 Å². The number of benzene rings is 2. The highest BCUT2D eigenvalue weighted by Gasteiger charge is 2.07. The Morgan fingerprint density at radius 2 is 1.70 bits per heavy atom. The molecule has 0 radical (unpaired) electrons. The molecule has 0 aliphatic rings. The average molecular weight is 292 g/mol.